The summed E-state index contributed by atoms with van der Waals surface area (Å²) in [6.45, 7) is 15.1. The fourth-order valence-corrected chi connectivity index (χ4v) is 10.2. The molecule has 1 aliphatic heterocycles. The van der Waals surface area contributed by atoms with Crippen LogP contribution in [-0.4, -0.2) is 40.1 Å². The van der Waals surface area contributed by atoms with Crippen molar-refractivity contribution in [2.45, 2.75) is 124 Å². The maximum Gasteiger partial charge on any atom is 0.338 e. The Bertz CT molecular complexity index is 1070. The van der Waals surface area contributed by atoms with Crippen LogP contribution in [0.25, 0.3) is 0 Å². The highest BCUT2D eigenvalue weighted by Crippen LogP contribution is 2.73. The van der Waals surface area contributed by atoms with Gasteiger partial charge in [-0.2, -0.15) is 0 Å². The van der Waals surface area contributed by atoms with E-state index in [1.54, 1.807) is 0 Å². The van der Waals surface area contributed by atoms with Crippen molar-refractivity contribution >= 4 is 11.9 Å². The first-order valence-electron chi connectivity index (χ1n) is 14.9. The zero-order valence-corrected chi connectivity index (χ0v) is 24.4. The molecule has 0 saturated heterocycles. The van der Waals surface area contributed by atoms with Crippen molar-refractivity contribution in [2.24, 2.45) is 39.4 Å². The average Bonchev–Trinajstić information content (AvgIpc) is 3.08. The van der Waals surface area contributed by atoms with E-state index >= 15 is 0 Å². The minimum Gasteiger partial charge on any atom is -0.461 e. The zero-order chi connectivity index (χ0) is 27.9. The van der Waals surface area contributed by atoms with Gasteiger partial charge in [0.25, 0.3) is 0 Å². The summed E-state index contributed by atoms with van der Waals surface area (Å²) in [5, 5.41) is 21.2. The summed E-state index contributed by atoms with van der Waals surface area (Å²) in [4.78, 5) is 26.5. The Morgan fingerprint density at radius 1 is 1.11 bits per heavy atom. The van der Waals surface area contributed by atoms with Crippen LogP contribution < -0.4 is 0 Å². The van der Waals surface area contributed by atoms with Gasteiger partial charge in [-0.15, -0.1) is 0 Å². The molecular formula is C32H48O6. The highest BCUT2D eigenvalue weighted by Gasteiger charge is 2.70. The van der Waals surface area contributed by atoms with Gasteiger partial charge >= 0.3 is 11.9 Å². The highest BCUT2D eigenvalue weighted by molar-refractivity contribution is 5.96. The summed E-state index contributed by atoms with van der Waals surface area (Å²) in [6.07, 6.45) is 10.9. The number of fused-ring (bicyclic) bond motifs is 6. The van der Waals surface area contributed by atoms with Crippen molar-refractivity contribution in [1.29, 1.82) is 0 Å². The summed E-state index contributed by atoms with van der Waals surface area (Å²) >= 11 is 0. The molecule has 6 nitrogen and oxygen atoms in total. The predicted octanol–water partition coefficient (Wildman–Crippen LogP) is 5.86. The van der Waals surface area contributed by atoms with Gasteiger partial charge in [0.05, 0.1) is 18.1 Å². The molecule has 1 heterocycles. The second kappa shape index (κ2) is 8.92. The molecule has 5 rings (SSSR count). The topological polar surface area (TPSA) is 93.1 Å². The number of aliphatic hydroxyl groups excluding tert-OH is 1. The molecule has 0 amide bonds. The molecule has 5 aliphatic rings. The molecule has 0 aromatic heterocycles. The van der Waals surface area contributed by atoms with Crippen molar-refractivity contribution in [1.82, 2.24) is 0 Å². The Hall–Kier alpha value is -1.66. The average molecular weight is 529 g/mol. The molecule has 1 unspecified atom stereocenters. The third-order valence-corrected chi connectivity index (χ3v) is 12.4. The lowest BCUT2D eigenvalue weighted by Crippen LogP contribution is -2.65. The lowest BCUT2D eigenvalue weighted by Gasteiger charge is -2.69. The monoisotopic (exact) mass is 528 g/mol. The first-order chi connectivity index (χ1) is 17.7. The maximum absolute atomic E-state index is 13.4. The third kappa shape index (κ3) is 3.72. The number of ether oxygens (including phenoxy) is 2. The first kappa shape index (κ1) is 27.9. The van der Waals surface area contributed by atoms with Gasteiger partial charge in [0.15, 0.2) is 0 Å². The van der Waals surface area contributed by atoms with Crippen molar-refractivity contribution in [3.05, 3.63) is 23.3 Å². The molecule has 3 saturated carbocycles. The Morgan fingerprint density at radius 3 is 2.47 bits per heavy atom. The molecule has 0 aromatic rings. The largest absolute Gasteiger partial charge is 0.461 e. The molecule has 2 N–H and O–H groups in total. The van der Waals surface area contributed by atoms with E-state index in [4.69, 9.17) is 9.47 Å². The summed E-state index contributed by atoms with van der Waals surface area (Å²) in [5.41, 5.74) is 0.424. The van der Waals surface area contributed by atoms with E-state index in [1.165, 1.54) is 32.6 Å². The van der Waals surface area contributed by atoms with E-state index < -0.39 is 35.3 Å². The number of allylic oxidation sites excluding steroid dienone is 1. The summed E-state index contributed by atoms with van der Waals surface area (Å²) in [7, 11) is 0. The molecule has 3 fully saturated rings. The minimum absolute atomic E-state index is 0.0459. The number of aliphatic hydroxyl groups is 2. The predicted molar refractivity (Wildman–Crippen MR) is 145 cm³/mol. The van der Waals surface area contributed by atoms with Gasteiger partial charge in [0.1, 0.15) is 6.10 Å². The Kier molecular flexibility index (Phi) is 6.55. The molecular weight excluding hydrogens is 480 g/mol. The zero-order valence-electron chi connectivity index (χ0n) is 24.4. The number of esters is 2. The molecule has 10 atom stereocenters. The van der Waals surface area contributed by atoms with Crippen molar-refractivity contribution < 1.29 is 29.3 Å². The van der Waals surface area contributed by atoms with E-state index in [-0.39, 0.29) is 23.2 Å². The van der Waals surface area contributed by atoms with Crippen molar-refractivity contribution in [3.63, 3.8) is 0 Å². The van der Waals surface area contributed by atoms with Crippen LogP contribution in [-0.2, 0) is 19.1 Å². The molecule has 4 aliphatic carbocycles. The number of carbonyl (C=O) groups is 2. The van der Waals surface area contributed by atoms with Gasteiger partial charge in [-0.05, 0) is 72.5 Å². The number of carbonyl (C=O) groups excluding carboxylic acids is 2. The first-order valence-corrected chi connectivity index (χ1v) is 14.9. The fourth-order valence-electron chi connectivity index (χ4n) is 10.2. The molecule has 0 spiro atoms. The molecule has 38 heavy (non-hydrogen) atoms. The minimum atomic E-state index is -1.70. The van der Waals surface area contributed by atoms with Gasteiger partial charge in [-0.25, -0.2) is 4.79 Å². The number of hydrogen-bond acceptors (Lipinski definition) is 6. The van der Waals surface area contributed by atoms with Crippen LogP contribution in [0.15, 0.2) is 23.3 Å². The van der Waals surface area contributed by atoms with Crippen molar-refractivity contribution in [3.8, 4) is 0 Å². The van der Waals surface area contributed by atoms with E-state index in [1.807, 2.05) is 19.9 Å². The summed E-state index contributed by atoms with van der Waals surface area (Å²) in [6, 6.07) is 0. The fraction of sp³-hybridized carbons (Fsp3) is 0.812. The third-order valence-electron chi connectivity index (χ3n) is 12.4. The standard InChI is InChI=1S/C32H48O6/c1-8-19(33)17-25(34)37-24-18-23-29(4)15-10-14-28(3,9-2)21(29)13-16-30(23,5)22-12-11-20-26(31(22,24)6)27(35)38-32(20,7)36/h11-12,19,21-24,33,36H,8-10,13-18H2,1-7H3/t19?,21-,22-,23+,24-,28-,29-,30-,31+,32+/m0/s1. The number of cyclic esters (lactones) is 1. The SMILES string of the molecule is CCC(O)CC(=O)O[C@H]1C[C@@H]2[C@@]3(C)CCC[C@](C)(CC)[C@@H]3CC[C@@]2(C)[C@@H]2C=CC3=C(C(=O)O[C@@]3(C)O)[C@@]12C. The van der Waals surface area contributed by atoms with Gasteiger partial charge in [0, 0.05) is 17.9 Å². The van der Waals surface area contributed by atoms with Gasteiger partial charge in [-0.3, -0.25) is 4.79 Å². The van der Waals surface area contributed by atoms with E-state index in [2.05, 4.69) is 33.8 Å². The molecule has 0 aromatic carbocycles. The summed E-state index contributed by atoms with van der Waals surface area (Å²) in [5.74, 6) is -1.77. The van der Waals surface area contributed by atoms with Crippen LogP contribution in [0, 0.1) is 39.4 Å². The second-order valence-corrected chi connectivity index (χ2v) is 14.3. The Morgan fingerprint density at radius 2 is 1.82 bits per heavy atom. The molecule has 6 heteroatoms. The van der Waals surface area contributed by atoms with Crippen LogP contribution in [0.5, 0.6) is 0 Å². The van der Waals surface area contributed by atoms with Gasteiger partial charge in [0.2, 0.25) is 5.79 Å². The molecule has 212 valence electrons. The van der Waals surface area contributed by atoms with E-state index in [9.17, 15) is 19.8 Å². The van der Waals surface area contributed by atoms with Crippen LogP contribution >= 0.6 is 0 Å². The molecule has 0 radical (unpaired) electrons. The van der Waals surface area contributed by atoms with E-state index in [0.29, 0.717) is 41.2 Å². The molecule has 0 bridgehead atoms. The Balaban J connectivity index is 1.62. The lowest BCUT2D eigenvalue weighted by molar-refractivity contribution is -0.218. The lowest BCUT2D eigenvalue weighted by atomic mass is 9.35. The van der Waals surface area contributed by atoms with Gasteiger partial charge in [-0.1, -0.05) is 66.5 Å². The smallest absolute Gasteiger partial charge is 0.338 e. The van der Waals surface area contributed by atoms with Crippen molar-refractivity contribution in [2.75, 3.05) is 0 Å². The van der Waals surface area contributed by atoms with Gasteiger partial charge < -0.3 is 19.7 Å². The normalized spacial score (nSPS) is 48.4. The van der Waals surface area contributed by atoms with Crippen LogP contribution in [0.1, 0.15) is 106 Å². The van der Waals surface area contributed by atoms with E-state index in [0.717, 1.165) is 12.8 Å². The van der Waals surface area contributed by atoms with Crippen LogP contribution in [0.3, 0.4) is 0 Å². The second-order valence-electron chi connectivity index (χ2n) is 14.3. The highest BCUT2D eigenvalue weighted by atomic mass is 16.7. The van der Waals surface area contributed by atoms with Crippen LogP contribution in [0.2, 0.25) is 0 Å². The maximum atomic E-state index is 13.4. The summed E-state index contributed by atoms with van der Waals surface area (Å²) < 4.78 is 11.8. The number of hydrogen-bond donors (Lipinski definition) is 2. The van der Waals surface area contributed by atoms with Crippen LogP contribution in [0.4, 0.5) is 0 Å². The quantitative estimate of drug-likeness (QED) is 0.435. The number of rotatable bonds is 5. The Labute approximate surface area is 228 Å².